The Hall–Kier alpha value is -1.59. The number of hydrogen-bond acceptors (Lipinski definition) is 3. The molecule has 1 aliphatic carbocycles. The summed E-state index contributed by atoms with van der Waals surface area (Å²) in [6.07, 6.45) is 2.19. The van der Waals surface area contributed by atoms with Crippen molar-refractivity contribution in [3.8, 4) is 0 Å². The highest BCUT2D eigenvalue weighted by Gasteiger charge is 2.56. The molecule has 126 valence electrons. The number of likely N-dealkylation sites (tertiary alicyclic amines) is 1. The van der Waals surface area contributed by atoms with Gasteiger partial charge in [-0.25, -0.2) is 4.79 Å². The van der Waals surface area contributed by atoms with Crippen molar-refractivity contribution in [2.75, 3.05) is 25.0 Å². The predicted octanol–water partition coefficient (Wildman–Crippen LogP) is 2.78. The van der Waals surface area contributed by atoms with E-state index < -0.39 is 0 Å². The monoisotopic (exact) mass is 318 g/mol. The smallest absolute Gasteiger partial charge is 0.321 e. The summed E-state index contributed by atoms with van der Waals surface area (Å²) >= 11 is 0. The fourth-order valence-electron chi connectivity index (χ4n) is 3.87. The molecule has 1 aromatic rings. The number of carbonyl (C=O) groups is 1. The lowest BCUT2D eigenvalue weighted by Crippen LogP contribution is -2.63. The summed E-state index contributed by atoms with van der Waals surface area (Å²) in [5.41, 5.74) is 1.81. The van der Waals surface area contributed by atoms with Crippen LogP contribution >= 0.6 is 0 Å². The number of aliphatic hydroxyl groups excluding tert-OH is 1. The Morgan fingerprint density at radius 3 is 2.78 bits per heavy atom. The third-order valence-electron chi connectivity index (χ3n) is 5.36. The van der Waals surface area contributed by atoms with E-state index >= 15 is 0 Å². The second-order valence-corrected chi connectivity index (χ2v) is 6.72. The van der Waals surface area contributed by atoms with E-state index in [4.69, 9.17) is 4.74 Å². The van der Waals surface area contributed by atoms with Crippen molar-refractivity contribution in [3.63, 3.8) is 0 Å². The third-order valence-corrected chi connectivity index (χ3v) is 5.36. The third kappa shape index (κ3) is 3.08. The molecular formula is C18H26N2O3. The molecule has 5 nitrogen and oxygen atoms in total. The average molecular weight is 318 g/mol. The Balaban J connectivity index is 1.57. The number of anilines is 1. The van der Waals surface area contributed by atoms with Crippen LogP contribution in [-0.2, 0) is 4.74 Å². The fourth-order valence-corrected chi connectivity index (χ4v) is 3.87. The van der Waals surface area contributed by atoms with E-state index in [9.17, 15) is 9.90 Å². The average Bonchev–Trinajstić information content (AvgIpc) is 2.55. The number of aliphatic hydroxyl groups is 1. The SMILES string of the molecule is CCOC1CC(O)C12CCN(C(=O)Nc1cccc(C)c1)CC2. The maximum atomic E-state index is 12.4. The Labute approximate surface area is 137 Å². The zero-order valence-corrected chi connectivity index (χ0v) is 13.9. The van der Waals surface area contributed by atoms with Gasteiger partial charge in [-0.1, -0.05) is 12.1 Å². The number of urea groups is 1. The number of piperidine rings is 1. The first kappa shape index (κ1) is 16.3. The van der Waals surface area contributed by atoms with Crippen LogP contribution in [0.4, 0.5) is 10.5 Å². The van der Waals surface area contributed by atoms with Crippen LogP contribution in [0.2, 0.25) is 0 Å². The molecule has 1 aliphatic heterocycles. The Morgan fingerprint density at radius 1 is 1.43 bits per heavy atom. The minimum Gasteiger partial charge on any atom is -0.392 e. The molecule has 0 radical (unpaired) electrons. The molecule has 2 amide bonds. The Morgan fingerprint density at radius 2 is 2.17 bits per heavy atom. The zero-order chi connectivity index (χ0) is 16.4. The Kier molecular flexibility index (Phi) is 4.60. The minimum atomic E-state index is -0.291. The molecule has 2 N–H and O–H groups in total. The highest BCUT2D eigenvalue weighted by molar-refractivity contribution is 5.89. The molecule has 2 aliphatic rings. The van der Waals surface area contributed by atoms with E-state index in [0.29, 0.717) is 19.7 Å². The first-order valence-electron chi connectivity index (χ1n) is 8.47. The van der Waals surface area contributed by atoms with Crippen LogP contribution in [0, 0.1) is 12.3 Å². The lowest BCUT2D eigenvalue weighted by molar-refractivity contribution is -0.207. The lowest BCUT2D eigenvalue weighted by Gasteiger charge is -2.56. The van der Waals surface area contributed by atoms with Gasteiger partial charge >= 0.3 is 6.03 Å². The van der Waals surface area contributed by atoms with Gasteiger partial charge in [0.05, 0.1) is 12.2 Å². The maximum Gasteiger partial charge on any atom is 0.321 e. The molecule has 2 fully saturated rings. The molecule has 2 atom stereocenters. The quantitative estimate of drug-likeness (QED) is 0.901. The summed E-state index contributed by atoms with van der Waals surface area (Å²) in [5.74, 6) is 0. The molecule has 5 heteroatoms. The summed E-state index contributed by atoms with van der Waals surface area (Å²) in [7, 11) is 0. The van der Waals surface area contributed by atoms with Crippen molar-refractivity contribution in [3.05, 3.63) is 29.8 Å². The topological polar surface area (TPSA) is 61.8 Å². The Bertz CT molecular complexity index is 565. The zero-order valence-electron chi connectivity index (χ0n) is 13.9. The van der Waals surface area contributed by atoms with E-state index in [1.165, 1.54) is 0 Å². The van der Waals surface area contributed by atoms with E-state index in [1.54, 1.807) is 0 Å². The normalized spacial score (nSPS) is 26.0. The highest BCUT2D eigenvalue weighted by Crippen LogP contribution is 2.50. The van der Waals surface area contributed by atoms with Crippen molar-refractivity contribution in [2.24, 2.45) is 5.41 Å². The van der Waals surface area contributed by atoms with E-state index in [-0.39, 0.29) is 23.7 Å². The van der Waals surface area contributed by atoms with E-state index in [2.05, 4.69) is 5.32 Å². The van der Waals surface area contributed by atoms with Gasteiger partial charge < -0.3 is 20.1 Å². The first-order chi connectivity index (χ1) is 11.0. The number of aryl methyl sites for hydroxylation is 1. The molecular weight excluding hydrogens is 292 g/mol. The molecule has 0 aromatic heterocycles. The lowest BCUT2D eigenvalue weighted by atomic mass is 9.58. The molecule has 1 aromatic carbocycles. The summed E-state index contributed by atoms with van der Waals surface area (Å²) in [5, 5.41) is 13.2. The van der Waals surface area contributed by atoms with Gasteiger partial charge in [-0.3, -0.25) is 0 Å². The highest BCUT2D eigenvalue weighted by atomic mass is 16.5. The number of ether oxygens (including phenoxy) is 1. The molecule has 3 rings (SSSR count). The van der Waals surface area contributed by atoms with E-state index in [1.807, 2.05) is 43.0 Å². The molecule has 2 unspecified atom stereocenters. The van der Waals surface area contributed by atoms with Crippen LogP contribution in [0.5, 0.6) is 0 Å². The van der Waals surface area contributed by atoms with E-state index in [0.717, 1.165) is 30.5 Å². The van der Waals surface area contributed by atoms with Crippen LogP contribution in [0.15, 0.2) is 24.3 Å². The molecule has 23 heavy (non-hydrogen) atoms. The van der Waals surface area contributed by atoms with Crippen LogP contribution in [-0.4, -0.2) is 47.9 Å². The van der Waals surface area contributed by atoms with Crippen LogP contribution < -0.4 is 5.32 Å². The molecule has 0 bridgehead atoms. The number of hydrogen-bond donors (Lipinski definition) is 2. The summed E-state index contributed by atoms with van der Waals surface area (Å²) < 4.78 is 5.77. The van der Waals surface area contributed by atoms with Gasteiger partial charge in [0.2, 0.25) is 0 Å². The largest absolute Gasteiger partial charge is 0.392 e. The van der Waals surface area contributed by atoms with Crippen molar-refractivity contribution in [1.29, 1.82) is 0 Å². The number of rotatable bonds is 3. The van der Waals surface area contributed by atoms with Crippen molar-refractivity contribution in [1.82, 2.24) is 4.90 Å². The second-order valence-electron chi connectivity index (χ2n) is 6.72. The molecule has 1 heterocycles. The standard InChI is InChI=1S/C18H26N2O3/c1-3-23-16-12-15(21)18(16)7-9-20(10-8-18)17(22)19-14-6-4-5-13(2)11-14/h4-6,11,15-16,21H,3,7-10,12H2,1-2H3,(H,19,22). The number of benzene rings is 1. The van der Waals surface area contributed by atoms with Gasteiger partial charge in [0.1, 0.15) is 0 Å². The first-order valence-corrected chi connectivity index (χ1v) is 8.47. The van der Waals surface area contributed by atoms with Crippen molar-refractivity contribution in [2.45, 2.75) is 45.3 Å². The summed E-state index contributed by atoms with van der Waals surface area (Å²) in [6, 6.07) is 7.74. The molecule has 1 spiro atoms. The summed E-state index contributed by atoms with van der Waals surface area (Å²) in [4.78, 5) is 14.2. The molecule has 1 saturated heterocycles. The number of nitrogens with zero attached hydrogens (tertiary/aromatic N) is 1. The fraction of sp³-hybridized carbons (Fsp3) is 0.611. The predicted molar refractivity (Wildman–Crippen MR) is 89.5 cm³/mol. The summed E-state index contributed by atoms with van der Waals surface area (Å²) in [6.45, 7) is 6.00. The van der Waals surface area contributed by atoms with Gasteiger partial charge in [0, 0.05) is 37.2 Å². The maximum absolute atomic E-state index is 12.4. The number of carbonyl (C=O) groups excluding carboxylic acids is 1. The number of amides is 2. The number of nitrogens with one attached hydrogen (secondary N) is 1. The van der Waals surface area contributed by atoms with Gasteiger partial charge in [0.15, 0.2) is 0 Å². The van der Waals surface area contributed by atoms with Crippen molar-refractivity contribution >= 4 is 11.7 Å². The minimum absolute atomic E-state index is 0.0628. The second kappa shape index (κ2) is 6.49. The van der Waals surface area contributed by atoms with Gasteiger partial charge in [0.25, 0.3) is 0 Å². The van der Waals surface area contributed by atoms with Gasteiger partial charge in [-0.2, -0.15) is 0 Å². The molecule has 1 saturated carbocycles. The van der Waals surface area contributed by atoms with Gasteiger partial charge in [-0.05, 0) is 44.4 Å². The van der Waals surface area contributed by atoms with Crippen LogP contribution in [0.25, 0.3) is 0 Å². The van der Waals surface area contributed by atoms with Crippen LogP contribution in [0.3, 0.4) is 0 Å². The van der Waals surface area contributed by atoms with Crippen molar-refractivity contribution < 1.29 is 14.6 Å². The van der Waals surface area contributed by atoms with Crippen LogP contribution in [0.1, 0.15) is 31.7 Å². The van der Waals surface area contributed by atoms with Gasteiger partial charge in [-0.15, -0.1) is 0 Å².